The van der Waals surface area contributed by atoms with Crippen LogP contribution in [-0.4, -0.2) is 66.5 Å². The SMILES string of the molecule is CCOc1ccc(C(=O)c2cccc(NCC(=O)N3CCC(CNCc4ccnc(OC)n4)CC3)c2Cl)cc1. The van der Waals surface area contributed by atoms with E-state index < -0.39 is 0 Å². The fraction of sp³-hybridized carbons (Fsp3) is 0.379. The molecule has 4 rings (SSSR count). The highest BCUT2D eigenvalue weighted by atomic mass is 35.5. The molecule has 9 nitrogen and oxygen atoms in total. The molecule has 0 aliphatic carbocycles. The third-order valence-corrected chi connectivity index (χ3v) is 7.09. The third-order valence-electron chi connectivity index (χ3n) is 6.68. The number of hydrogen-bond donors (Lipinski definition) is 2. The van der Waals surface area contributed by atoms with E-state index in [4.69, 9.17) is 21.1 Å². The molecule has 1 aliphatic rings. The fourth-order valence-corrected chi connectivity index (χ4v) is 4.79. The monoisotopic (exact) mass is 551 g/mol. The van der Waals surface area contributed by atoms with Gasteiger partial charge in [0.2, 0.25) is 5.91 Å². The largest absolute Gasteiger partial charge is 0.494 e. The Hall–Kier alpha value is -3.69. The van der Waals surface area contributed by atoms with Crippen molar-refractivity contribution in [3.8, 4) is 11.8 Å². The van der Waals surface area contributed by atoms with E-state index in [1.807, 2.05) is 17.9 Å². The number of carbonyl (C=O) groups is 2. The number of carbonyl (C=O) groups excluding carboxylic acids is 2. The molecule has 2 N–H and O–H groups in total. The molecule has 39 heavy (non-hydrogen) atoms. The van der Waals surface area contributed by atoms with Gasteiger partial charge in [-0.25, -0.2) is 4.98 Å². The minimum Gasteiger partial charge on any atom is -0.494 e. The molecule has 2 heterocycles. The Bertz CT molecular complexity index is 1260. The summed E-state index contributed by atoms with van der Waals surface area (Å²) in [6.45, 7) is 5.49. The average molecular weight is 552 g/mol. The zero-order valence-corrected chi connectivity index (χ0v) is 23.0. The van der Waals surface area contributed by atoms with E-state index in [2.05, 4.69) is 20.6 Å². The van der Waals surface area contributed by atoms with E-state index in [1.54, 1.807) is 55.8 Å². The smallest absolute Gasteiger partial charge is 0.316 e. The zero-order chi connectivity index (χ0) is 27.6. The van der Waals surface area contributed by atoms with E-state index in [9.17, 15) is 9.59 Å². The summed E-state index contributed by atoms with van der Waals surface area (Å²) in [7, 11) is 1.55. The topological polar surface area (TPSA) is 106 Å². The lowest BCUT2D eigenvalue weighted by Crippen LogP contribution is -2.43. The second kappa shape index (κ2) is 13.9. The first kappa shape index (κ1) is 28.3. The van der Waals surface area contributed by atoms with Crippen LogP contribution in [0.25, 0.3) is 0 Å². The summed E-state index contributed by atoms with van der Waals surface area (Å²) >= 11 is 6.58. The number of nitrogens with one attached hydrogen (secondary N) is 2. The van der Waals surface area contributed by atoms with Crippen molar-refractivity contribution in [3.05, 3.63) is 76.6 Å². The fourth-order valence-electron chi connectivity index (χ4n) is 4.51. The van der Waals surface area contributed by atoms with Gasteiger partial charge in [0, 0.05) is 37.0 Å². The maximum atomic E-state index is 13.0. The Morgan fingerprint density at radius 1 is 1.10 bits per heavy atom. The van der Waals surface area contributed by atoms with Crippen molar-refractivity contribution in [3.63, 3.8) is 0 Å². The number of halogens is 1. The summed E-state index contributed by atoms with van der Waals surface area (Å²) < 4.78 is 10.5. The quantitative estimate of drug-likeness (QED) is 0.323. The van der Waals surface area contributed by atoms with Gasteiger partial charge in [-0.2, -0.15) is 4.98 Å². The number of piperidine rings is 1. The molecule has 0 unspecified atom stereocenters. The molecule has 3 aromatic rings. The third kappa shape index (κ3) is 7.68. The van der Waals surface area contributed by atoms with Gasteiger partial charge in [-0.3, -0.25) is 9.59 Å². The van der Waals surface area contributed by atoms with Crippen molar-refractivity contribution in [1.29, 1.82) is 0 Å². The van der Waals surface area contributed by atoms with Gasteiger partial charge in [0.1, 0.15) is 5.75 Å². The minimum absolute atomic E-state index is 0.00815. The number of methoxy groups -OCH3 is 1. The molecule has 1 aromatic heterocycles. The van der Waals surface area contributed by atoms with Crippen LogP contribution >= 0.6 is 11.6 Å². The van der Waals surface area contributed by atoms with E-state index in [1.165, 1.54) is 0 Å². The van der Waals surface area contributed by atoms with Gasteiger partial charge < -0.3 is 25.0 Å². The van der Waals surface area contributed by atoms with Gasteiger partial charge >= 0.3 is 6.01 Å². The predicted octanol–water partition coefficient (Wildman–Crippen LogP) is 4.21. The average Bonchev–Trinajstić information content (AvgIpc) is 2.97. The van der Waals surface area contributed by atoms with Crippen molar-refractivity contribution < 1.29 is 19.1 Å². The summed E-state index contributed by atoms with van der Waals surface area (Å²) in [4.78, 5) is 36.1. The van der Waals surface area contributed by atoms with Crippen molar-refractivity contribution in [2.75, 3.05) is 45.2 Å². The van der Waals surface area contributed by atoms with Crippen molar-refractivity contribution in [2.24, 2.45) is 5.92 Å². The first-order valence-corrected chi connectivity index (χ1v) is 13.5. The number of ketones is 1. The van der Waals surface area contributed by atoms with E-state index in [0.29, 0.717) is 65.8 Å². The number of amides is 1. The number of aromatic nitrogens is 2. The normalized spacial score (nSPS) is 13.7. The van der Waals surface area contributed by atoms with Crippen LogP contribution in [0.1, 0.15) is 41.4 Å². The predicted molar refractivity (Wildman–Crippen MR) is 151 cm³/mol. The lowest BCUT2D eigenvalue weighted by molar-refractivity contribution is -0.130. The van der Waals surface area contributed by atoms with Gasteiger partial charge in [-0.1, -0.05) is 17.7 Å². The van der Waals surface area contributed by atoms with Crippen LogP contribution in [-0.2, 0) is 11.3 Å². The van der Waals surface area contributed by atoms with Crippen molar-refractivity contribution in [1.82, 2.24) is 20.2 Å². The number of benzene rings is 2. The lowest BCUT2D eigenvalue weighted by atomic mass is 9.96. The standard InChI is InChI=1S/C29H34ClN5O4/c1-3-39-23-9-7-21(8-10-23)28(37)24-5-4-6-25(27(24)30)33-19-26(36)35-15-12-20(13-16-35)17-31-18-22-11-14-32-29(34-22)38-2/h4-11,14,20,31,33H,3,12-13,15-19H2,1-2H3. The molecule has 1 saturated heterocycles. The molecule has 0 saturated carbocycles. The van der Waals surface area contributed by atoms with Crippen LogP contribution in [0.2, 0.25) is 5.02 Å². The maximum absolute atomic E-state index is 13.0. The minimum atomic E-state index is -0.187. The van der Waals surface area contributed by atoms with Gasteiger partial charge in [-0.05, 0) is 74.7 Å². The Balaban J connectivity index is 1.23. The van der Waals surface area contributed by atoms with E-state index in [0.717, 1.165) is 25.1 Å². The van der Waals surface area contributed by atoms with Crippen LogP contribution in [0.5, 0.6) is 11.8 Å². The second-order valence-electron chi connectivity index (χ2n) is 9.30. The number of nitrogens with zero attached hydrogens (tertiary/aromatic N) is 3. The van der Waals surface area contributed by atoms with E-state index >= 15 is 0 Å². The van der Waals surface area contributed by atoms with Gasteiger partial charge in [0.25, 0.3) is 0 Å². The van der Waals surface area contributed by atoms with E-state index in [-0.39, 0.29) is 18.2 Å². The zero-order valence-electron chi connectivity index (χ0n) is 22.3. The number of anilines is 1. The summed E-state index contributed by atoms with van der Waals surface area (Å²) in [6.07, 6.45) is 3.54. The van der Waals surface area contributed by atoms with Crippen LogP contribution in [0.4, 0.5) is 5.69 Å². The molecular formula is C29H34ClN5O4. The summed E-state index contributed by atoms with van der Waals surface area (Å²) in [6, 6.07) is 14.4. The summed E-state index contributed by atoms with van der Waals surface area (Å²) in [5.74, 6) is 1.02. The second-order valence-corrected chi connectivity index (χ2v) is 9.67. The van der Waals surface area contributed by atoms with Gasteiger partial charge in [0.05, 0.1) is 36.7 Å². The molecular weight excluding hydrogens is 518 g/mol. The molecule has 0 spiro atoms. The number of likely N-dealkylation sites (tertiary alicyclic amines) is 1. The highest BCUT2D eigenvalue weighted by Gasteiger charge is 2.23. The maximum Gasteiger partial charge on any atom is 0.316 e. The number of rotatable bonds is 12. The van der Waals surface area contributed by atoms with Gasteiger partial charge in [0.15, 0.2) is 5.78 Å². The molecule has 0 atom stereocenters. The first-order valence-electron chi connectivity index (χ1n) is 13.1. The van der Waals surface area contributed by atoms with Gasteiger partial charge in [-0.15, -0.1) is 0 Å². The van der Waals surface area contributed by atoms with Crippen LogP contribution in [0.3, 0.4) is 0 Å². The molecule has 1 fully saturated rings. The molecule has 0 bridgehead atoms. The summed E-state index contributed by atoms with van der Waals surface area (Å²) in [5.41, 5.74) is 2.33. The lowest BCUT2D eigenvalue weighted by Gasteiger charge is -2.32. The molecule has 0 radical (unpaired) electrons. The summed E-state index contributed by atoms with van der Waals surface area (Å²) in [5, 5.41) is 6.87. The van der Waals surface area contributed by atoms with Crippen molar-refractivity contribution >= 4 is 29.0 Å². The Labute approximate surface area is 233 Å². The molecule has 206 valence electrons. The van der Waals surface area contributed by atoms with Crippen LogP contribution in [0, 0.1) is 5.92 Å². The number of hydrogen-bond acceptors (Lipinski definition) is 8. The Kier molecular flexibility index (Phi) is 10.1. The van der Waals surface area contributed by atoms with Crippen LogP contribution < -0.4 is 20.1 Å². The highest BCUT2D eigenvalue weighted by Crippen LogP contribution is 2.28. The molecule has 1 aliphatic heterocycles. The highest BCUT2D eigenvalue weighted by molar-refractivity contribution is 6.37. The Morgan fingerprint density at radius 3 is 2.59 bits per heavy atom. The molecule has 1 amide bonds. The first-order chi connectivity index (χ1) is 19.0. The molecule has 10 heteroatoms. The van der Waals surface area contributed by atoms with Crippen LogP contribution in [0.15, 0.2) is 54.7 Å². The molecule has 2 aromatic carbocycles. The number of ether oxygens (including phenoxy) is 2. The Morgan fingerprint density at radius 2 is 1.87 bits per heavy atom. The van der Waals surface area contributed by atoms with Crippen molar-refractivity contribution in [2.45, 2.75) is 26.3 Å².